The minimum atomic E-state index is -4.91. The van der Waals surface area contributed by atoms with Crippen molar-refractivity contribution in [3.63, 3.8) is 0 Å². The summed E-state index contributed by atoms with van der Waals surface area (Å²) in [6.07, 6.45) is -7.95. The fraction of sp³-hybridized carbons (Fsp3) is 0.400. The van der Waals surface area contributed by atoms with Crippen molar-refractivity contribution >= 4 is 5.69 Å². The molecule has 1 aromatic rings. The lowest BCUT2D eigenvalue weighted by atomic mass is 10.0. The fourth-order valence-corrected chi connectivity index (χ4v) is 1.27. The van der Waals surface area contributed by atoms with E-state index in [0.717, 1.165) is 12.1 Å². The summed E-state index contributed by atoms with van der Waals surface area (Å²) in [5.74, 6) is -0.677. The number of nitrogen functional groups attached to an aromatic ring is 1. The number of hydrogen-bond acceptors (Lipinski definition) is 5. The van der Waals surface area contributed by atoms with E-state index in [9.17, 15) is 23.4 Å². The van der Waals surface area contributed by atoms with Crippen molar-refractivity contribution in [1.82, 2.24) is 0 Å². The molecule has 0 heterocycles. The third-order valence-electron chi connectivity index (χ3n) is 2.16. The second-order valence-electron chi connectivity index (χ2n) is 3.54. The first-order valence-corrected chi connectivity index (χ1v) is 4.86. The minimum Gasteiger partial charge on any atom is -0.404 e. The third kappa shape index (κ3) is 3.76. The van der Waals surface area contributed by atoms with Gasteiger partial charge in [-0.15, -0.1) is 13.2 Å². The third-order valence-corrected chi connectivity index (χ3v) is 2.16. The summed E-state index contributed by atoms with van der Waals surface area (Å²) in [4.78, 5) is 0. The normalized spacial score (nSPS) is 15.2. The molecular weight excluding hydrogens is 255 g/mol. The van der Waals surface area contributed by atoms with Crippen LogP contribution in [0.2, 0.25) is 0 Å². The van der Waals surface area contributed by atoms with Gasteiger partial charge in [0.1, 0.15) is 12.2 Å². The zero-order chi connectivity index (χ0) is 13.9. The molecule has 1 rings (SSSR count). The van der Waals surface area contributed by atoms with Crippen molar-refractivity contribution in [3.05, 3.63) is 23.8 Å². The molecule has 1 aromatic carbocycles. The van der Waals surface area contributed by atoms with Crippen LogP contribution >= 0.6 is 0 Å². The molecule has 0 amide bonds. The van der Waals surface area contributed by atoms with E-state index in [0.29, 0.717) is 0 Å². The van der Waals surface area contributed by atoms with E-state index in [-0.39, 0.29) is 11.3 Å². The molecule has 0 saturated carbocycles. The van der Waals surface area contributed by atoms with Gasteiger partial charge in [0.05, 0.1) is 12.3 Å². The SMILES string of the molecule is Nc1ccc(C(O)C(O)CO)cc1OC(F)(F)F. The van der Waals surface area contributed by atoms with Crippen molar-refractivity contribution in [2.75, 3.05) is 12.3 Å². The van der Waals surface area contributed by atoms with Crippen LogP contribution in [0.1, 0.15) is 11.7 Å². The van der Waals surface area contributed by atoms with Gasteiger partial charge >= 0.3 is 6.36 Å². The van der Waals surface area contributed by atoms with Gasteiger partial charge in [-0.25, -0.2) is 0 Å². The molecule has 2 unspecified atom stereocenters. The second-order valence-corrected chi connectivity index (χ2v) is 3.54. The number of halogens is 3. The molecule has 0 spiro atoms. The van der Waals surface area contributed by atoms with Crippen molar-refractivity contribution in [3.8, 4) is 5.75 Å². The monoisotopic (exact) mass is 267 g/mol. The second kappa shape index (κ2) is 5.42. The number of aliphatic hydroxyl groups excluding tert-OH is 3. The number of ether oxygens (including phenoxy) is 1. The lowest BCUT2D eigenvalue weighted by molar-refractivity contribution is -0.274. The lowest BCUT2D eigenvalue weighted by Crippen LogP contribution is -2.22. The number of rotatable bonds is 4. The van der Waals surface area contributed by atoms with Crippen LogP contribution in [0, 0.1) is 0 Å². The van der Waals surface area contributed by atoms with Crippen LogP contribution in [0.25, 0.3) is 0 Å². The molecule has 102 valence electrons. The quantitative estimate of drug-likeness (QED) is 0.598. The minimum absolute atomic E-state index is 0.0509. The van der Waals surface area contributed by atoms with Crippen LogP contribution in [0.3, 0.4) is 0 Å². The predicted molar refractivity (Wildman–Crippen MR) is 55.6 cm³/mol. The van der Waals surface area contributed by atoms with E-state index < -0.39 is 30.9 Å². The van der Waals surface area contributed by atoms with Crippen molar-refractivity contribution in [1.29, 1.82) is 0 Å². The molecule has 0 saturated heterocycles. The van der Waals surface area contributed by atoms with Gasteiger partial charge in [-0.1, -0.05) is 6.07 Å². The molecule has 2 atom stereocenters. The smallest absolute Gasteiger partial charge is 0.404 e. The average molecular weight is 267 g/mol. The molecule has 5 N–H and O–H groups in total. The maximum absolute atomic E-state index is 12.0. The van der Waals surface area contributed by atoms with E-state index in [1.807, 2.05) is 0 Å². The molecule has 0 radical (unpaired) electrons. The molecule has 5 nitrogen and oxygen atoms in total. The number of aliphatic hydroxyl groups is 3. The largest absolute Gasteiger partial charge is 0.573 e. The number of nitrogens with two attached hydrogens (primary N) is 1. The summed E-state index contributed by atoms with van der Waals surface area (Å²) in [7, 11) is 0. The Bertz CT molecular complexity index is 411. The van der Waals surface area contributed by atoms with Crippen molar-refractivity contribution in [2.45, 2.75) is 18.6 Å². The molecule has 0 aliphatic carbocycles. The van der Waals surface area contributed by atoms with E-state index >= 15 is 0 Å². The summed E-state index contributed by atoms with van der Waals surface area (Å²) < 4.78 is 39.8. The van der Waals surface area contributed by atoms with E-state index in [2.05, 4.69) is 4.74 Å². The van der Waals surface area contributed by atoms with Crippen LogP contribution in [0.4, 0.5) is 18.9 Å². The van der Waals surface area contributed by atoms with Crippen LogP contribution in [0.15, 0.2) is 18.2 Å². The average Bonchev–Trinajstić information content (AvgIpc) is 2.28. The van der Waals surface area contributed by atoms with E-state index in [4.69, 9.17) is 10.8 Å². The van der Waals surface area contributed by atoms with Gasteiger partial charge < -0.3 is 25.8 Å². The van der Waals surface area contributed by atoms with E-state index in [1.165, 1.54) is 6.07 Å². The van der Waals surface area contributed by atoms with Crippen molar-refractivity contribution in [2.24, 2.45) is 0 Å². The Kier molecular flexibility index (Phi) is 4.38. The Labute approximate surface area is 100 Å². The lowest BCUT2D eigenvalue weighted by Gasteiger charge is -2.18. The maximum Gasteiger partial charge on any atom is 0.573 e. The van der Waals surface area contributed by atoms with Crippen LogP contribution in [-0.2, 0) is 0 Å². The summed E-state index contributed by atoms with van der Waals surface area (Å²) >= 11 is 0. The molecule has 0 fully saturated rings. The highest BCUT2D eigenvalue weighted by molar-refractivity contribution is 5.54. The summed E-state index contributed by atoms with van der Waals surface area (Å²) in [5.41, 5.74) is 4.97. The number of anilines is 1. The van der Waals surface area contributed by atoms with Gasteiger partial charge in [0, 0.05) is 0 Å². The molecule has 0 aliphatic rings. The Morgan fingerprint density at radius 3 is 2.39 bits per heavy atom. The van der Waals surface area contributed by atoms with Crippen LogP contribution in [-0.4, -0.2) is 34.4 Å². The highest BCUT2D eigenvalue weighted by Crippen LogP contribution is 2.31. The predicted octanol–water partition coefficient (Wildman–Crippen LogP) is 0.554. The van der Waals surface area contributed by atoms with Gasteiger partial charge in [0.2, 0.25) is 0 Å². The molecule has 18 heavy (non-hydrogen) atoms. The highest BCUT2D eigenvalue weighted by atomic mass is 19.4. The Morgan fingerprint density at radius 2 is 1.89 bits per heavy atom. The van der Waals surface area contributed by atoms with Crippen molar-refractivity contribution < 1.29 is 33.2 Å². The molecule has 0 bridgehead atoms. The Hall–Kier alpha value is -1.51. The zero-order valence-electron chi connectivity index (χ0n) is 9.05. The molecule has 8 heteroatoms. The first kappa shape index (κ1) is 14.6. The maximum atomic E-state index is 12.0. The summed E-state index contributed by atoms with van der Waals surface area (Å²) in [6.45, 7) is -0.735. The van der Waals surface area contributed by atoms with Gasteiger partial charge in [0.15, 0.2) is 5.75 Å². The molecule has 0 aromatic heterocycles. The highest BCUT2D eigenvalue weighted by Gasteiger charge is 2.32. The first-order valence-electron chi connectivity index (χ1n) is 4.86. The number of benzene rings is 1. The standard InChI is InChI=1S/C10H12F3NO4/c11-10(12,13)18-8-3-5(1-2-6(8)14)9(17)7(16)4-15/h1-3,7,9,15-17H,4,14H2. The van der Waals surface area contributed by atoms with Gasteiger partial charge in [0.25, 0.3) is 0 Å². The van der Waals surface area contributed by atoms with Gasteiger partial charge in [-0.05, 0) is 17.7 Å². The number of hydrogen-bond donors (Lipinski definition) is 4. The topological polar surface area (TPSA) is 95.9 Å². The van der Waals surface area contributed by atoms with E-state index in [1.54, 1.807) is 0 Å². The molecule has 0 aliphatic heterocycles. The van der Waals surface area contributed by atoms with Crippen LogP contribution in [0.5, 0.6) is 5.75 Å². The zero-order valence-corrected chi connectivity index (χ0v) is 9.05. The Morgan fingerprint density at radius 1 is 1.28 bits per heavy atom. The van der Waals surface area contributed by atoms with Crippen LogP contribution < -0.4 is 10.5 Å². The molecular formula is C10H12F3NO4. The Balaban J connectivity index is 3.00. The summed E-state index contributed by atoms with van der Waals surface area (Å²) in [5, 5.41) is 27.3. The van der Waals surface area contributed by atoms with Gasteiger partial charge in [-0.3, -0.25) is 0 Å². The fourth-order valence-electron chi connectivity index (χ4n) is 1.27. The summed E-state index contributed by atoms with van der Waals surface area (Å²) in [6, 6.07) is 3.18. The first-order chi connectivity index (χ1) is 8.24. The van der Waals surface area contributed by atoms with Gasteiger partial charge in [-0.2, -0.15) is 0 Å². The number of alkyl halides is 3.